The van der Waals surface area contributed by atoms with Gasteiger partial charge in [0.25, 0.3) is 0 Å². The van der Waals surface area contributed by atoms with Crippen LogP contribution in [-0.4, -0.2) is 37.9 Å². The van der Waals surface area contributed by atoms with Crippen LogP contribution >= 0.6 is 11.9 Å². The minimum Gasteiger partial charge on any atom is -0.292 e. The van der Waals surface area contributed by atoms with E-state index in [1.165, 1.54) is 12.1 Å². The molecule has 0 amide bonds. The number of nitriles is 1. The molecule has 0 N–H and O–H groups in total. The topological polar surface area (TPSA) is 74.8 Å². The van der Waals surface area contributed by atoms with E-state index in [1.54, 1.807) is 42.4 Å². The first-order chi connectivity index (χ1) is 18.1. The molecule has 3 heterocycles. The number of carbonyl (C=O) groups excluding carboxylic acids is 1. The molecule has 0 bridgehead atoms. The maximum atomic E-state index is 14.2. The van der Waals surface area contributed by atoms with Crippen LogP contribution in [0.5, 0.6) is 0 Å². The SMILES string of the molecule is N#Cc1cccc(SN2CCC3Cc4c(cnn4-c4ccc(F)cc4)CC3(C(=O)c3ccccn3)C2)c1. The van der Waals surface area contributed by atoms with Crippen LogP contribution in [0.2, 0.25) is 0 Å². The molecular formula is C29H24FN5OS. The van der Waals surface area contributed by atoms with Gasteiger partial charge >= 0.3 is 0 Å². The zero-order valence-corrected chi connectivity index (χ0v) is 20.9. The van der Waals surface area contributed by atoms with Gasteiger partial charge in [0.1, 0.15) is 11.5 Å². The predicted molar refractivity (Wildman–Crippen MR) is 139 cm³/mol. The Hall–Kier alpha value is -3.80. The molecule has 2 aliphatic rings. The van der Waals surface area contributed by atoms with E-state index in [-0.39, 0.29) is 17.5 Å². The Morgan fingerprint density at radius 3 is 2.78 bits per heavy atom. The van der Waals surface area contributed by atoms with Crippen LogP contribution in [0, 0.1) is 28.5 Å². The van der Waals surface area contributed by atoms with Crippen LogP contribution in [0.25, 0.3) is 5.69 Å². The molecule has 2 unspecified atom stereocenters. The molecular weight excluding hydrogens is 485 g/mol. The molecule has 1 saturated heterocycles. The normalized spacial score (nSPS) is 21.0. The molecule has 2 aromatic heterocycles. The summed E-state index contributed by atoms with van der Waals surface area (Å²) in [6, 6.07) is 21.6. The smallest absolute Gasteiger partial charge is 0.189 e. The zero-order valence-electron chi connectivity index (χ0n) is 20.0. The maximum absolute atomic E-state index is 14.2. The Morgan fingerprint density at radius 1 is 1.14 bits per heavy atom. The second-order valence-electron chi connectivity index (χ2n) is 9.67. The molecule has 6 rings (SSSR count). The molecule has 0 saturated carbocycles. The summed E-state index contributed by atoms with van der Waals surface area (Å²) in [6.45, 7) is 1.40. The molecule has 8 heteroatoms. The van der Waals surface area contributed by atoms with Crippen molar-refractivity contribution in [3.05, 3.63) is 107 Å². The zero-order chi connectivity index (χ0) is 25.4. The van der Waals surface area contributed by atoms with Crippen molar-refractivity contribution in [3.63, 3.8) is 0 Å². The van der Waals surface area contributed by atoms with E-state index in [1.807, 2.05) is 41.2 Å². The third-order valence-electron chi connectivity index (χ3n) is 7.49. The number of hydrogen-bond donors (Lipinski definition) is 0. The first-order valence-corrected chi connectivity index (χ1v) is 13.0. The summed E-state index contributed by atoms with van der Waals surface area (Å²) < 4.78 is 17.7. The van der Waals surface area contributed by atoms with Gasteiger partial charge in [0.2, 0.25) is 0 Å². The first kappa shape index (κ1) is 23.6. The summed E-state index contributed by atoms with van der Waals surface area (Å²) in [4.78, 5) is 19.6. The van der Waals surface area contributed by atoms with Gasteiger partial charge in [-0.15, -0.1) is 0 Å². The third-order valence-corrected chi connectivity index (χ3v) is 8.52. The van der Waals surface area contributed by atoms with Gasteiger partial charge < -0.3 is 0 Å². The average Bonchev–Trinajstić information content (AvgIpc) is 3.34. The van der Waals surface area contributed by atoms with E-state index in [9.17, 15) is 14.4 Å². The largest absolute Gasteiger partial charge is 0.292 e. The molecule has 37 heavy (non-hydrogen) atoms. The molecule has 1 aliphatic heterocycles. The highest BCUT2D eigenvalue weighted by Crippen LogP contribution is 2.49. The van der Waals surface area contributed by atoms with Crippen molar-refractivity contribution in [1.82, 2.24) is 19.1 Å². The molecule has 6 nitrogen and oxygen atoms in total. The Bertz CT molecular complexity index is 1500. The van der Waals surface area contributed by atoms with E-state index in [2.05, 4.69) is 20.5 Å². The Labute approximate surface area is 218 Å². The summed E-state index contributed by atoms with van der Waals surface area (Å²) in [6.07, 6.45) is 5.65. The molecule has 2 atom stereocenters. The summed E-state index contributed by atoms with van der Waals surface area (Å²) >= 11 is 1.60. The second-order valence-corrected chi connectivity index (χ2v) is 10.8. The highest BCUT2D eigenvalue weighted by Gasteiger charge is 2.53. The first-order valence-electron chi connectivity index (χ1n) is 12.3. The van der Waals surface area contributed by atoms with Gasteiger partial charge in [0.15, 0.2) is 5.78 Å². The van der Waals surface area contributed by atoms with Gasteiger partial charge in [0, 0.05) is 29.9 Å². The van der Waals surface area contributed by atoms with Gasteiger partial charge in [-0.25, -0.2) is 13.4 Å². The van der Waals surface area contributed by atoms with Crippen LogP contribution in [0.4, 0.5) is 4.39 Å². The number of piperidine rings is 1. The fourth-order valence-corrected chi connectivity index (χ4v) is 6.80. The van der Waals surface area contributed by atoms with E-state index < -0.39 is 5.41 Å². The monoisotopic (exact) mass is 509 g/mol. The van der Waals surface area contributed by atoms with E-state index >= 15 is 0 Å². The second kappa shape index (κ2) is 9.58. The lowest BCUT2D eigenvalue weighted by Gasteiger charge is -2.49. The number of fused-ring (bicyclic) bond motifs is 2. The van der Waals surface area contributed by atoms with Crippen LogP contribution in [0.15, 0.2) is 84.0 Å². The van der Waals surface area contributed by atoms with Crippen molar-refractivity contribution in [2.75, 3.05) is 13.1 Å². The number of nitrogens with zero attached hydrogens (tertiary/aromatic N) is 5. The quantitative estimate of drug-likeness (QED) is 0.269. The van der Waals surface area contributed by atoms with Gasteiger partial charge in [-0.1, -0.05) is 12.1 Å². The summed E-state index contributed by atoms with van der Waals surface area (Å²) in [5.41, 5.74) is 3.41. The Balaban J connectivity index is 1.36. The van der Waals surface area contributed by atoms with Gasteiger partial charge in [0.05, 0.1) is 28.9 Å². The van der Waals surface area contributed by atoms with E-state index in [0.717, 1.165) is 34.8 Å². The fourth-order valence-electron chi connectivity index (χ4n) is 5.69. The van der Waals surface area contributed by atoms with Crippen LogP contribution in [0.1, 0.15) is 33.7 Å². The number of ketones is 1. The van der Waals surface area contributed by atoms with Crippen LogP contribution in [0.3, 0.4) is 0 Å². The van der Waals surface area contributed by atoms with Gasteiger partial charge in [-0.3, -0.25) is 9.78 Å². The fraction of sp³-hybridized carbons (Fsp3) is 0.241. The van der Waals surface area contributed by atoms with Crippen molar-refractivity contribution in [2.45, 2.75) is 24.2 Å². The number of Topliss-reactive ketones (excluding diaryl/α,β-unsaturated/α-hetero) is 1. The number of rotatable bonds is 5. The number of benzene rings is 2. The van der Waals surface area contributed by atoms with Crippen LogP contribution in [-0.2, 0) is 12.8 Å². The lowest BCUT2D eigenvalue weighted by molar-refractivity contribution is 0.0412. The standard InChI is InChI=1S/C29H24FN5OS/c30-23-7-9-24(10-8-23)35-27-15-22-11-13-34(37-25-5-3-4-20(14-25)17-31)19-29(22,16-21(27)18-33-35)28(36)26-6-1-2-12-32-26/h1-10,12,14,18,22H,11,13,15-16,19H2. The van der Waals surface area contributed by atoms with Crippen molar-refractivity contribution >= 4 is 17.7 Å². The minimum atomic E-state index is -0.643. The van der Waals surface area contributed by atoms with E-state index in [0.29, 0.717) is 30.6 Å². The number of hydrogen-bond acceptors (Lipinski definition) is 6. The summed E-state index contributed by atoms with van der Waals surface area (Å²) in [7, 11) is 0. The van der Waals surface area contributed by atoms with Crippen LogP contribution < -0.4 is 0 Å². The van der Waals surface area contributed by atoms with Crippen molar-refractivity contribution in [1.29, 1.82) is 5.26 Å². The third kappa shape index (κ3) is 4.35. The predicted octanol–water partition coefficient (Wildman–Crippen LogP) is 5.28. The lowest BCUT2D eigenvalue weighted by Crippen LogP contribution is -2.55. The molecule has 0 radical (unpaired) electrons. The van der Waals surface area contributed by atoms with Crippen molar-refractivity contribution in [2.24, 2.45) is 11.3 Å². The molecule has 184 valence electrons. The van der Waals surface area contributed by atoms with Gasteiger partial charge in [-0.2, -0.15) is 10.4 Å². The number of aromatic nitrogens is 3. The Morgan fingerprint density at radius 2 is 2.00 bits per heavy atom. The van der Waals surface area contributed by atoms with Crippen molar-refractivity contribution in [3.8, 4) is 11.8 Å². The number of pyridine rings is 1. The molecule has 1 aliphatic carbocycles. The molecule has 0 spiro atoms. The highest BCUT2D eigenvalue weighted by atomic mass is 32.2. The number of halogens is 1. The van der Waals surface area contributed by atoms with Gasteiger partial charge in [-0.05, 0) is 97.3 Å². The number of carbonyl (C=O) groups is 1. The maximum Gasteiger partial charge on any atom is 0.189 e. The Kier molecular flexibility index (Phi) is 6.11. The molecule has 1 fully saturated rings. The highest BCUT2D eigenvalue weighted by molar-refractivity contribution is 7.97. The summed E-state index contributed by atoms with van der Waals surface area (Å²) in [5, 5.41) is 13.9. The van der Waals surface area contributed by atoms with E-state index in [4.69, 9.17) is 0 Å². The summed E-state index contributed by atoms with van der Waals surface area (Å²) in [5.74, 6) is -0.100. The average molecular weight is 510 g/mol. The molecule has 2 aromatic carbocycles. The molecule has 4 aromatic rings. The minimum absolute atomic E-state index is 0.0642. The lowest BCUT2D eigenvalue weighted by atomic mass is 9.60. The van der Waals surface area contributed by atoms with Crippen molar-refractivity contribution < 1.29 is 9.18 Å².